The smallest absolute Gasteiger partial charge is 0.0903 e. The van der Waals surface area contributed by atoms with Gasteiger partial charge in [0.15, 0.2) is 0 Å². The fourth-order valence-electron chi connectivity index (χ4n) is 1.53. The average Bonchev–Trinajstić information content (AvgIpc) is 2.51. The van der Waals surface area contributed by atoms with Gasteiger partial charge in [0.25, 0.3) is 0 Å². The fraction of sp³-hybridized carbons (Fsp3) is 0.182. The molecule has 3 nitrogen and oxygen atoms in total. The van der Waals surface area contributed by atoms with Crippen molar-refractivity contribution >= 4 is 5.69 Å². The zero-order chi connectivity index (χ0) is 10.1. The molecule has 0 saturated heterocycles. The van der Waals surface area contributed by atoms with Crippen molar-refractivity contribution < 1.29 is 0 Å². The number of para-hydroxylation sites is 1. The Balaban J connectivity index is 2.61. The molecule has 0 saturated carbocycles. The number of hydrogen-bond donors (Lipinski definition) is 1. The van der Waals surface area contributed by atoms with Crippen molar-refractivity contribution in [2.75, 3.05) is 5.73 Å². The number of nitrogens with two attached hydrogens (primary N) is 1. The molecule has 0 bridgehead atoms. The molecule has 1 aromatic carbocycles. The van der Waals surface area contributed by atoms with Crippen LogP contribution in [0.4, 0.5) is 5.69 Å². The molecule has 0 aliphatic heterocycles. The topological polar surface area (TPSA) is 43.8 Å². The SMILES string of the molecule is Cc1ccn(-c2c(C)cccc2N)n1. The molecular weight excluding hydrogens is 174 g/mol. The van der Waals surface area contributed by atoms with Crippen LogP contribution in [0.5, 0.6) is 0 Å². The van der Waals surface area contributed by atoms with Crippen LogP contribution >= 0.6 is 0 Å². The second kappa shape index (κ2) is 3.18. The third-order valence-corrected chi connectivity index (χ3v) is 2.22. The first-order chi connectivity index (χ1) is 6.68. The molecule has 2 rings (SSSR count). The molecule has 0 atom stereocenters. The van der Waals surface area contributed by atoms with Crippen molar-refractivity contribution in [3.05, 3.63) is 41.7 Å². The maximum Gasteiger partial charge on any atom is 0.0903 e. The van der Waals surface area contributed by atoms with Gasteiger partial charge in [-0.3, -0.25) is 0 Å². The summed E-state index contributed by atoms with van der Waals surface area (Å²) < 4.78 is 1.82. The molecule has 72 valence electrons. The Morgan fingerprint density at radius 3 is 2.57 bits per heavy atom. The van der Waals surface area contributed by atoms with Crippen molar-refractivity contribution in [3.8, 4) is 5.69 Å². The predicted octanol–water partition coefficient (Wildman–Crippen LogP) is 2.07. The van der Waals surface area contributed by atoms with Crippen LogP contribution in [-0.4, -0.2) is 9.78 Å². The summed E-state index contributed by atoms with van der Waals surface area (Å²) in [7, 11) is 0. The van der Waals surface area contributed by atoms with E-state index >= 15 is 0 Å². The zero-order valence-corrected chi connectivity index (χ0v) is 8.36. The highest BCUT2D eigenvalue weighted by Gasteiger charge is 2.05. The van der Waals surface area contributed by atoms with Gasteiger partial charge in [-0.2, -0.15) is 5.10 Å². The minimum atomic E-state index is 0.758. The summed E-state index contributed by atoms with van der Waals surface area (Å²) in [5.41, 5.74) is 9.76. The third kappa shape index (κ3) is 1.37. The number of nitrogen functional groups attached to an aromatic ring is 1. The lowest BCUT2D eigenvalue weighted by Gasteiger charge is -2.08. The van der Waals surface area contributed by atoms with Gasteiger partial charge in [-0.15, -0.1) is 0 Å². The van der Waals surface area contributed by atoms with Crippen molar-refractivity contribution in [1.29, 1.82) is 0 Å². The van der Waals surface area contributed by atoms with Gasteiger partial charge >= 0.3 is 0 Å². The Bertz CT molecular complexity index is 437. The van der Waals surface area contributed by atoms with Crippen LogP contribution in [0.15, 0.2) is 30.5 Å². The Hall–Kier alpha value is -1.77. The Morgan fingerprint density at radius 2 is 2.00 bits per heavy atom. The summed E-state index contributed by atoms with van der Waals surface area (Å²) >= 11 is 0. The Morgan fingerprint density at radius 1 is 1.21 bits per heavy atom. The lowest BCUT2D eigenvalue weighted by molar-refractivity contribution is 0.858. The lowest BCUT2D eigenvalue weighted by atomic mass is 10.2. The largest absolute Gasteiger partial charge is 0.397 e. The molecule has 0 radical (unpaired) electrons. The first kappa shape index (κ1) is 8.81. The van der Waals surface area contributed by atoms with Crippen molar-refractivity contribution in [1.82, 2.24) is 9.78 Å². The summed E-state index contributed by atoms with van der Waals surface area (Å²) in [6.45, 7) is 3.99. The van der Waals surface area contributed by atoms with Gasteiger partial charge in [0, 0.05) is 6.20 Å². The molecule has 1 heterocycles. The van der Waals surface area contributed by atoms with Crippen LogP contribution in [0.3, 0.4) is 0 Å². The molecule has 0 unspecified atom stereocenters. The summed E-state index contributed by atoms with van der Waals surface area (Å²) in [6.07, 6.45) is 1.92. The summed E-state index contributed by atoms with van der Waals surface area (Å²) in [5.74, 6) is 0. The van der Waals surface area contributed by atoms with Gasteiger partial charge in [-0.05, 0) is 31.5 Å². The van der Waals surface area contributed by atoms with Crippen LogP contribution in [0.1, 0.15) is 11.3 Å². The highest BCUT2D eigenvalue weighted by molar-refractivity contribution is 5.61. The average molecular weight is 187 g/mol. The van der Waals surface area contributed by atoms with E-state index in [2.05, 4.69) is 5.10 Å². The summed E-state index contributed by atoms with van der Waals surface area (Å²) in [4.78, 5) is 0. The van der Waals surface area contributed by atoms with Gasteiger partial charge in [-0.1, -0.05) is 12.1 Å². The van der Waals surface area contributed by atoms with E-state index in [4.69, 9.17) is 5.73 Å². The fourth-order valence-corrected chi connectivity index (χ4v) is 1.53. The number of aromatic nitrogens is 2. The Kier molecular flexibility index (Phi) is 2.00. The van der Waals surface area contributed by atoms with E-state index in [0.29, 0.717) is 0 Å². The highest BCUT2D eigenvalue weighted by Crippen LogP contribution is 2.20. The summed E-state index contributed by atoms with van der Waals surface area (Å²) in [5, 5.41) is 4.34. The molecule has 2 aromatic rings. The highest BCUT2D eigenvalue weighted by atomic mass is 15.3. The Labute approximate surface area is 83.2 Å². The molecule has 3 heteroatoms. The minimum Gasteiger partial charge on any atom is -0.397 e. The minimum absolute atomic E-state index is 0.758. The maximum atomic E-state index is 5.90. The first-order valence-corrected chi connectivity index (χ1v) is 4.56. The van der Waals surface area contributed by atoms with Crippen LogP contribution in [0.2, 0.25) is 0 Å². The van der Waals surface area contributed by atoms with E-state index in [-0.39, 0.29) is 0 Å². The zero-order valence-electron chi connectivity index (χ0n) is 8.36. The van der Waals surface area contributed by atoms with Crippen molar-refractivity contribution in [2.24, 2.45) is 0 Å². The molecular formula is C11H13N3. The van der Waals surface area contributed by atoms with E-state index in [9.17, 15) is 0 Å². The van der Waals surface area contributed by atoms with Gasteiger partial charge < -0.3 is 5.73 Å². The summed E-state index contributed by atoms with van der Waals surface area (Å²) in [6, 6.07) is 7.83. The van der Waals surface area contributed by atoms with Crippen LogP contribution in [0.25, 0.3) is 5.69 Å². The van der Waals surface area contributed by atoms with E-state index in [0.717, 1.165) is 22.6 Å². The van der Waals surface area contributed by atoms with Crippen LogP contribution in [-0.2, 0) is 0 Å². The number of aryl methyl sites for hydroxylation is 2. The number of benzene rings is 1. The van der Waals surface area contributed by atoms with E-state index in [1.165, 1.54) is 0 Å². The predicted molar refractivity (Wildman–Crippen MR) is 57.5 cm³/mol. The van der Waals surface area contributed by atoms with E-state index in [1.54, 1.807) is 0 Å². The molecule has 0 aliphatic carbocycles. The number of nitrogens with zero attached hydrogens (tertiary/aromatic N) is 2. The second-order valence-corrected chi connectivity index (χ2v) is 3.41. The normalized spacial score (nSPS) is 10.4. The number of anilines is 1. The molecule has 2 N–H and O–H groups in total. The number of hydrogen-bond acceptors (Lipinski definition) is 2. The first-order valence-electron chi connectivity index (χ1n) is 4.56. The quantitative estimate of drug-likeness (QED) is 0.694. The third-order valence-electron chi connectivity index (χ3n) is 2.22. The van der Waals surface area contributed by atoms with Crippen LogP contribution < -0.4 is 5.73 Å². The molecule has 0 amide bonds. The monoisotopic (exact) mass is 187 g/mol. The van der Waals surface area contributed by atoms with Crippen molar-refractivity contribution in [2.45, 2.75) is 13.8 Å². The van der Waals surface area contributed by atoms with Crippen LogP contribution in [0, 0.1) is 13.8 Å². The van der Waals surface area contributed by atoms with Gasteiger partial charge in [0.2, 0.25) is 0 Å². The van der Waals surface area contributed by atoms with Crippen molar-refractivity contribution in [3.63, 3.8) is 0 Å². The van der Waals surface area contributed by atoms with Gasteiger partial charge in [0.05, 0.1) is 17.1 Å². The van der Waals surface area contributed by atoms with Gasteiger partial charge in [0.1, 0.15) is 0 Å². The molecule has 0 aliphatic rings. The standard InChI is InChI=1S/C11H13N3/c1-8-4-3-5-10(12)11(8)14-7-6-9(2)13-14/h3-7H,12H2,1-2H3. The molecule has 1 aromatic heterocycles. The number of rotatable bonds is 1. The second-order valence-electron chi connectivity index (χ2n) is 3.41. The van der Waals surface area contributed by atoms with E-state index < -0.39 is 0 Å². The van der Waals surface area contributed by atoms with Gasteiger partial charge in [-0.25, -0.2) is 4.68 Å². The van der Waals surface area contributed by atoms with E-state index in [1.807, 2.05) is 49.0 Å². The molecule has 0 spiro atoms. The maximum absolute atomic E-state index is 5.90. The molecule has 0 fully saturated rings. The lowest BCUT2D eigenvalue weighted by Crippen LogP contribution is -2.02. The molecule has 14 heavy (non-hydrogen) atoms.